The van der Waals surface area contributed by atoms with Gasteiger partial charge >= 0.3 is 5.97 Å². The van der Waals surface area contributed by atoms with E-state index in [2.05, 4.69) is 25.0 Å². The zero-order valence-corrected chi connectivity index (χ0v) is 18.4. The summed E-state index contributed by atoms with van der Waals surface area (Å²) in [5.41, 5.74) is 20.6. The molecule has 2 unspecified atom stereocenters. The number of nitrogen functional groups attached to an aromatic ring is 1. The Kier molecular flexibility index (Phi) is 8.43. The van der Waals surface area contributed by atoms with Crippen LogP contribution in [0.25, 0.3) is 21.6 Å². The quantitative estimate of drug-likeness (QED) is 0.0893. The molecule has 2 aromatic heterocycles. The standard InChI is InChI=1S/C18H25N9O5S/c19-10(18(30)31)3-6-33(5-2-1-4-25-26-21)7-11-13(28)14(29)17(32-11)27-9-24-12-15(20)22-8-23-16(12)27/h1-2,8-11,13-14,17,28-29H,3-7,19H2,(H2-,20,22,23,30,31)/p+1/t10-,11+,13-,14+,17?,33?/m0/s1. The summed E-state index contributed by atoms with van der Waals surface area (Å²) in [6.45, 7) is 0.199. The van der Waals surface area contributed by atoms with Gasteiger partial charge in [-0.2, -0.15) is 0 Å². The molecule has 1 fully saturated rings. The van der Waals surface area contributed by atoms with Crippen LogP contribution in [-0.2, 0) is 20.4 Å². The Balaban J connectivity index is 1.72. The van der Waals surface area contributed by atoms with Crippen LogP contribution < -0.4 is 11.5 Å². The molecule has 33 heavy (non-hydrogen) atoms. The molecule has 3 heterocycles. The maximum absolute atomic E-state index is 11.1. The Morgan fingerprint density at radius 2 is 2.15 bits per heavy atom. The van der Waals surface area contributed by atoms with E-state index in [1.807, 2.05) is 6.08 Å². The van der Waals surface area contributed by atoms with Gasteiger partial charge in [0.25, 0.3) is 0 Å². The first kappa shape index (κ1) is 24.7. The Hall–Kier alpha value is -2.94. The lowest BCUT2D eigenvalue weighted by molar-refractivity contribution is -0.138. The van der Waals surface area contributed by atoms with Gasteiger partial charge in [-0.05, 0) is 22.5 Å². The van der Waals surface area contributed by atoms with Crippen LogP contribution in [0, 0.1) is 0 Å². The molecule has 0 spiro atoms. The first-order valence-corrected chi connectivity index (χ1v) is 11.8. The highest BCUT2D eigenvalue weighted by Gasteiger charge is 2.47. The molecule has 0 aromatic carbocycles. The topological polar surface area (TPSA) is 231 Å². The van der Waals surface area contributed by atoms with Crippen LogP contribution in [0.2, 0.25) is 0 Å². The van der Waals surface area contributed by atoms with Gasteiger partial charge in [0.05, 0.1) is 6.33 Å². The molecule has 2 aromatic rings. The maximum Gasteiger partial charge on any atom is 0.320 e. The minimum Gasteiger partial charge on any atom is -0.480 e. The lowest BCUT2D eigenvalue weighted by Gasteiger charge is -2.17. The SMILES string of the molecule is [N-]=[N+]=NCC=CC[S+](CC[C@H](N)C(=O)O)C[C@H]1OC(n2cnc3c(N)ncnc32)[C@H](O)[C@H]1O. The van der Waals surface area contributed by atoms with Crippen molar-refractivity contribution in [3.63, 3.8) is 0 Å². The number of aliphatic carboxylic acids is 1. The molecular formula is C18H26N9O5S+. The van der Waals surface area contributed by atoms with Crippen molar-refractivity contribution < 1.29 is 24.9 Å². The molecule has 1 saturated heterocycles. The molecule has 0 amide bonds. The number of hydrogen-bond acceptors (Lipinski definition) is 10. The average molecular weight is 481 g/mol. The molecular weight excluding hydrogens is 454 g/mol. The van der Waals surface area contributed by atoms with Crippen LogP contribution in [0.1, 0.15) is 12.6 Å². The fourth-order valence-electron chi connectivity index (χ4n) is 3.40. The number of imidazole rings is 1. The fourth-order valence-corrected chi connectivity index (χ4v) is 5.60. The molecule has 0 saturated carbocycles. The number of hydrogen-bond donors (Lipinski definition) is 5. The minimum absolute atomic E-state index is 0.187. The summed E-state index contributed by atoms with van der Waals surface area (Å²) in [6, 6.07) is -0.998. The highest BCUT2D eigenvalue weighted by molar-refractivity contribution is 7.97. The molecule has 1 aliphatic rings. The van der Waals surface area contributed by atoms with Crippen LogP contribution in [0.4, 0.5) is 5.82 Å². The fraction of sp³-hybridized carbons (Fsp3) is 0.556. The van der Waals surface area contributed by atoms with Crippen molar-refractivity contribution >= 4 is 33.8 Å². The van der Waals surface area contributed by atoms with Crippen molar-refractivity contribution in [3.8, 4) is 0 Å². The van der Waals surface area contributed by atoms with Gasteiger partial charge in [0.1, 0.15) is 53.5 Å². The molecule has 3 rings (SSSR count). The van der Waals surface area contributed by atoms with E-state index in [1.54, 1.807) is 6.08 Å². The molecule has 6 atom stereocenters. The van der Waals surface area contributed by atoms with Crippen molar-refractivity contribution in [3.05, 3.63) is 35.2 Å². The smallest absolute Gasteiger partial charge is 0.320 e. The number of aromatic nitrogens is 4. The number of carboxylic acid groups (broad SMARTS) is 1. The van der Waals surface area contributed by atoms with Gasteiger partial charge in [0, 0.05) is 17.9 Å². The zero-order valence-electron chi connectivity index (χ0n) is 17.6. The Morgan fingerprint density at radius 3 is 2.88 bits per heavy atom. The van der Waals surface area contributed by atoms with Crippen molar-refractivity contribution in [2.75, 3.05) is 29.5 Å². The number of fused-ring (bicyclic) bond motifs is 1. The Labute approximate surface area is 191 Å². The number of azide groups is 1. The van der Waals surface area contributed by atoms with Crippen LogP contribution in [0.3, 0.4) is 0 Å². The van der Waals surface area contributed by atoms with Crippen molar-refractivity contribution in [1.29, 1.82) is 0 Å². The predicted octanol–water partition coefficient (Wildman–Crippen LogP) is -0.685. The third kappa shape index (κ3) is 5.90. The van der Waals surface area contributed by atoms with Gasteiger partial charge in [0.15, 0.2) is 17.7 Å². The van der Waals surface area contributed by atoms with E-state index >= 15 is 0 Å². The first-order chi connectivity index (χ1) is 15.8. The van der Waals surface area contributed by atoms with Crippen molar-refractivity contribution in [2.24, 2.45) is 10.8 Å². The highest BCUT2D eigenvalue weighted by atomic mass is 32.2. The molecule has 7 N–H and O–H groups in total. The molecule has 178 valence electrons. The van der Waals surface area contributed by atoms with E-state index in [9.17, 15) is 15.0 Å². The summed E-state index contributed by atoms with van der Waals surface area (Å²) in [5.74, 6) is 0.518. The zero-order chi connectivity index (χ0) is 24.0. The van der Waals surface area contributed by atoms with Crippen molar-refractivity contribution in [1.82, 2.24) is 19.5 Å². The third-order valence-electron chi connectivity index (χ3n) is 5.18. The number of ether oxygens (including phenoxy) is 1. The molecule has 0 radical (unpaired) electrons. The molecule has 0 bridgehead atoms. The molecule has 14 nitrogen and oxygen atoms in total. The number of carbonyl (C=O) groups is 1. The second-order valence-corrected chi connectivity index (χ2v) is 9.70. The van der Waals surface area contributed by atoms with Crippen molar-refractivity contribution in [2.45, 2.75) is 37.0 Å². The lowest BCUT2D eigenvalue weighted by Crippen LogP contribution is -2.38. The first-order valence-electron chi connectivity index (χ1n) is 10.1. The lowest BCUT2D eigenvalue weighted by atomic mass is 10.1. The number of rotatable bonds is 11. The highest BCUT2D eigenvalue weighted by Crippen LogP contribution is 2.33. The number of nitrogens with zero attached hydrogens (tertiary/aromatic N) is 7. The summed E-state index contributed by atoms with van der Waals surface area (Å²) in [5, 5.41) is 33.8. The van der Waals surface area contributed by atoms with Gasteiger partial charge in [-0.1, -0.05) is 11.2 Å². The van der Waals surface area contributed by atoms with E-state index in [0.29, 0.717) is 28.4 Å². The maximum atomic E-state index is 11.1. The van der Waals surface area contributed by atoms with Gasteiger partial charge in [-0.3, -0.25) is 9.36 Å². The van der Waals surface area contributed by atoms with Gasteiger partial charge < -0.3 is 31.5 Å². The van der Waals surface area contributed by atoms with E-state index in [-0.39, 0.29) is 18.8 Å². The van der Waals surface area contributed by atoms with Crippen LogP contribution in [-0.4, -0.2) is 89.0 Å². The number of carboxylic acids is 1. The number of aliphatic hydroxyl groups is 2. The predicted molar refractivity (Wildman–Crippen MR) is 121 cm³/mol. The normalized spacial score (nSPS) is 24.7. The minimum atomic E-state index is -1.24. The molecule has 1 aliphatic heterocycles. The summed E-state index contributed by atoms with van der Waals surface area (Å²) >= 11 is 0. The Morgan fingerprint density at radius 1 is 1.36 bits per heavy atom. The number of aliphatic hydroxyl groups excluding tert-OH is 2. The average Bonchev–Trinajstić information content (AvgIpc) is 3.34. The van der Waals surface area contributed by atoms with Crippen LogP contribution >= 0.6 is 0 Å². The molecule has 15 heteroatoms. The largest absolute Gasteiger partial charge is 0.480 e. The van der Waals surface area contributed by atoms with E-state index in [1.165, 1.54) is 17.2 Å². The number of nitrogens with two attached hydrogens (primary N) is 2. The van der Waals surface area contributed by atoms with E-state index in [0.717, 1.165) is 0 Å². The van der Waals surface area contributed by atoms with E-state index in [4.69, 9.17) is 26.8 Å². The summed E-state index contributed by atoms with van der Waals surface area (Å²) in [6.07, 6.45) is 2.43. The Bertz CT molecular complexity index is 1040. The van der Waals surface area contributed by atoms with E-state index < -0.39 is 47.4 Å². The summed E-state index contributed by atoms with van der Waals surface area (Å²) < 4.78 is 7.50. The van der Waals surface area contributed by atoms with Crippen LogP contribution in [0.5, 0.6) is 0 Å². The second kappa shape index (κ2) is 11.3. The summed E-state index contributed by atoms with van der Waals surface area (Å²) in [4.78, 5) is 26.0. The third-order valence-corrected chi connectivity index (χ3v) is 7.46. The second-order valence-electron chi connectivity index (χ2n) is 7.40. The monoisotopic (exact) mass is 480 g/mol. The van der Waals surface area contributed by atoms with Crippen LogP contribution in [0.15, 0.2) is 29.9 Å². The summed E-state index contributed by atoms with van der Waals surface area (Å²) in [7, 11) is -0.417. The molecule has 0 aliphatic carbocycles. The number of anilines is 1. The van der Waals surface area contributed by atoms with Gasteiger partial charge in [-0.25, -0.2) is 15.0 Å². The van der Waals surface area contributed by atoms with Gasteiger partial charge in [0.2, 0.25) is 0 Å². The van der Waals surface area contributed by atoms with Gasteiger partial charge in [-0.15, -0.1) is 0 Å².